The zero-order valence-corrected chi connectivity index (χ0v) is 11.3. The first-order valence-corrected chi connectivity index (χ1v) is 6.84. The van der Waals surface area contributed by atoms with Crippen molar-refractivity contribution >= 4 is 5.69 Å². The quantitative estimate of drug-likeness (QED) is 0.633. The van der Waals surface area contributed by atoms with Gasteiger partial charge in [-0.15, -0.1) is 0 Å². The lowest BCUT2D eigenvalue weighted by molar-refractivity contribution is 0.690. The van der Waals surface area contributed by atoms with Crippen LogP contribution in [-0.2, 0) is 13.0 Å². The Morgan fingerprint density at radius 2 is 1.95 bits per heavy atom. The Hall–Kier alpha value is -2.93. The number of pyridine rings is 1. The number of hydrogen-bond acceptors (Lipinski definition) is 2. The highest BCUT2D eigenvalue weighted by Gasteiger charge is 2.22. The predicted molar refractivity (Wildman–Crippen MR) is 80.9 cm³/mol. The van der Waals surface area contributed by atoms with E-state index in [9.17, 15) is 0 Å². The van der Waals surface area contributed by atoms with Crippen molar-refractivity contribution in [3.8, 4) is 22.6 Å². The molecule has 0 radical (unpaired) electrons. The van der Waals surface area contributed by atoms with Crippen molar-refractivity contribution in [3.63, 3.8) is 0 Å². The molecule has 0 atom stereocenters. The molecule has 3 aromatic rings. The molecule has 0 amide bonds. The van der Waals surface area contributed by atoms with E-state index in [0.29, 0.717) is 5.69 Å². The maximum absolute atomic E-state index is 7.27. The number of benzene rings is 1. The van der Waals surface area contributed by atoms with Crippen LogP contribution < -0.4 is 0 Å². The third kappa shape index (κ3) is 1.75. The Balaban J connectivity index is 1.91. The second kappa shape index (κ2) is 4.57. The highest BCUT2D eigenvalue weighted by atomic mass is 15.1. The van der Waals surface area contributed by atoms with Gasteiger partial charge in [-0.2, -0.15) is 0 Å². The topological polar surface area (TPSA) is 35.1 Å². The zero-order valence-electron chi connectivity index (χ0n) is 11.3. The summed E-state index contributed by atoms with van der Waals surface area (Å²) < 4.78 is 2.22. The van der Waals surface area contributed by atoms with Crippen LogP contribution in [0.25, 0.3) is 27.5 Å². The van der Waals surface area contributed by atoms with Crippen LogP contribution in [0.5, 0.6) is 0 Å². The molecule has 3 heterocycles. The van der Waals surface area contributed by atoms with Crippen LogP contribution in [0.1, 0.15) is 5.56 Å². The molecule has 0 N–H and O–H groups in total. The molecule has 4 heteroatoms. The molecule has 2 aromatic heterocycles. The van der Waals surface area contributed by atoms with E-state index >= 15 is 0 Å². The van der Waals surface area contributed by atoms with E-state index in [1.165, 1.54) is 0 Å². The summed E-state index contributed by atoms with van der Waals surface area (Å²) in [6.45, 7) is 8.11. The van der Waals surface area contributed by atoms with Gasteiger partial charge >= 0.3 is 0 Å². The Labute approximate surface area is 122 Å². The van der Waals surface area contributed by atoms with E-state index < -0.39 is 0 Å². The van der Waals surface area contributed by atoms with E-state index in [1.807, 2.05) is 30.6 Å². The first kappa shape index (κ1) is 11.9. The minimum absolute atomic E-state index is 0.642. The van der Waals surface area contributed by atoms with Crippen molar-refractivity contribution in [1.82, 2.24) is 14.5 Å². The predicted octanol–water partition coefficient (Wildman–Crippen LogP) is 3.72. The summed E-state index contributed by atoms with van der Waals surface area (Å²) in [4.78, 5) is 12.3. The van der Waals surface area contributed by atoms with Crippen LogP contribution in [0.15, 0.2) is 48.9 Å². The summed E-state index contributed by atoms with van der Waals surface area (Å²) in [6.07, 6.45) is 6.21. The maximum atomic E-state index is 7.27. The summed E-state index contributed by atoms with van der Waals surface area (Å²) in [6, 6.07) is 10.3. The normalized spacial score (nSPS) is 12.3. The number of rotatable bonds is 1. The fraction of sp³-hybridized carbons (Fsp3) is 0.118. The summed E-state index contributed by atoms with van der Waals surface area (Å²) >= 11 is 0. The minimum Gasteiger partial charge on any atom is -0.324 e. The molecule has 0 spiro atoms. The molecule has 0 unspecified atom stereocenters. The van der Waals surface area contributed by atoms with Crippen LogP contribution in [0.4, 0.5) is 5.69 Å². The van der Waals surface area contributed by atoms with Crippen molar-refractivity contribution < 1.29 is 0 Å². The Morgan fingerprint density at radius 3 is 2.76 bits per heavy atom. The molecule has 0 fully saturated rings. The smallest absolute Gasteiger partial charge is 0.209 e. The largest absolute Gasteiger partial charge is 0.324 e. The monoisotopic (exact) mass is 272 g/mol. The summed E-state index contributed by atoms with van der Waals surface area (Å²) in [5.74, 6) is 0.910. The molecule has 0 bridgehead atoms. The van der Waals surface area contributed by atoms with Gasteiger partial charge in [0.25, 0.3) is 0 Å². The van der Waals surface area contributed by atoms with E-state index in [-0.39, 0.29) is 0 Å². The molecule has 4 nitrogen and oxygen atoms in total. The molecule has 100 valence electrons. The van der Waals surface area contributed by atoms with Crippen LogP contribution in [0.3, 0.4) is 0 Å². The van der Waals surface area contributed by atoms with Gasteiger partial charge in [0.15, 0.2) is 0 Å². The van der Waals surface area contributed by atoms with Gasteiger partial charge in [0.1, 0.15) is 5.82 Å². The first-order chi connectivity index (χ1) is 10.4. The van der Waals surface area contributed by atoms with Crippen LogP contribution in [-0.4, -0.2) is 14.5 Å². The van der Waals surface area contributed by atoms with Gasteiger partial charge in [-0.25, -0.2) is 9.83 Å². The van der Waals surface area contributed by atoms with Crippen molar-refractivity contribution in [2.24, 2.45) is 0 Å². The number of fused-ring (bicyclic) bond motifs is 3. The maximum Gasteiger partial charge on any atom is 0.209 e. The van der Waals surface area contributed by atoms with E-state index in [1.54, 1.807) is 6.20 Å². The highest BCUT2D eigenvalue weighted by Crippen LogP contribution is 2.36. The summed E-state index contributed by atoms with van der Waals surface area (Å²) in [7, 11) is 0. The second-order valence-electron chi connectivity index (χ2n) is 5.03. The van der Waals surface area contributed by atoms with Gasteiger partial charge in [-0.05, 0) is 17.5 Å². The molecule has 1 aliphatic rings. The lowest BCUT2D eigenvalue weighted by atomic mass is 10.0. The second-order valence-corrected chi connectivity index (χ2v) is 5.03. The number of hydrogen-bond donors (Lipinski definition) is 0. The molecular weight excluding hydrogens is 260 g/mol. The Morgan fingerprint density at radius 1 is 1.10 bits per heavy atom. The Kier molecular flexibility index (Phi) is 2.58. The van der Waals surface area contributed by atoms with Crippen molar-refractivity contribution in [1.29, 1.82) is 0 Å². The van der Waals surface area contributed by atoms with E-state index in [4.69, 9.17) is 6.57 Å². The van der Waals surface area contributed by atoms with Gasteiger partial charge in [0.2, 0.25) is 5.69 Å². The average Bonchev–Trinajstić information content (AvgIpc) is 2.99. The van der Waals surface area contributed by atoms with Crippen molar-refractivity contribution in [2.75, 3.05) is 0 Å². The average molecular weight is 272 g/mol. The summed E-state index contributed by atoms with van der Waals surface area (Å²) in [5, 5.41) is 0. The van der Waals surface area contributed by atoms with Gasteiger partial charge in [-0.1, -0.05) is 30.3 Å². The van der Waals surface area contributed by atoms with Crippen LogP contribution in [0.2, 0.25) is 0 Å². The molecule has 0 aliphatic carbocycles. The molecule has 1 aromatic carbocycles. The number of nitrogens with zero attached hydrogens (tertiary/aromatic N) is 4. The SMILES string of the molecule is [C-]#[N+]c1cncc2c1CCn1c(-c3ccccc3)cnc1-2. The molecule has 0 saturated carbocycles. The molecule has 0 saturated heterocycles. The summed E-state index contributed by atoms with van der Waals surface area (Å²) in [5.41, 5.74) is 4.97. The standard InChI is InChI=1S/C17H12N4/c1-18-15-10-19-9-14-13(15)7-8-21-16(11-20-17(14)21)12-5-3-2-4-6-12/h2-6,9-11H,7-8H2. The fourth-order valence-electron chi connectivity index (χ4n) is 2.91. The van der Waals surface area contributed by atoms with E-state index in [2.05, 4.69) is 31.5 Å². The molecule has 1 aliphatic heterocycles. The third-order valence-corrected chi connectivity index (χ3v) is 3.91. The minimum atomic E-state index is 0.642. The Bertz CT molecular complexity index is 856. The molecule has 4 rings (SSSR count). The van der Waals surface area contributed by atoms with Crippen molar-refractivity contribution in [2.45, 2.75) is 13.0 Å². The van der Waals surface area contributed by atoms with E-state index in [0.717, 1.165) is 41.2 Å². The number of imidazole rings is 1. The first-order valence-electron chi connectivity index (χ1n) is 6.84. The van der Waals surface area contributed by atoms with Crippen molar-refractivity contribution in [3.05, 3.63) is 65.9 Å². The van der Waals surface area contributed by atoms with Gasteiger partial charge in [0, 0.05) is 24.5 Å². The lowest BCUT2D eigenvalue weighted by Gasteiger charge is -2.20. The lowest BCUT2D eigenvalue weighted by Crippen LogP contribution is -2.12. The van der Waals surface area contributed by atoms with Gasteiger partial charge in [0.05, 0.1) is 18.5 Å². The third-order valence-electron chi connectivity index (χ3n) is 3.91. The number of aromatic nitrogens is 3. The fourth-order valence-corrected chi connectivity index (χ4v) is 2.91. The molecule has 21 heavy (non-hydrogen) atoms. The van der Waals surface area contributed by atoms with Gasteiger partial charge in [-0.3, -0.25) is 4.98 Å². The highest BCUT2D eigenvalue weighted by molar-refractivity contribution is 5.73. The van der Waals surface area contributed by atoms with Crippen LogP contribution in [0, 0.1) is 6.57 Å². The molecular formula is C17H12N4. The van der Waals surface area contributed by atoms with Crippen LogP contribution >= 0.6 is 0 Å². The van der Waals surface area contributed by atoms with Gasteiger partial charge < -0.3 is 4.57 Å². The zero-order chi connectivity index (χ0) is 14.2.